The Morgan fingerprint density at radius 2 is 1.57 bits per heavy atom. The molecule has 3 aliphatic rings. The first-order chi connectivity index (χ1) is 14.3. The quantitative estimate of drug-likeness (QED) is 0.582. The highest BCUT2D eigenvalue weighted by Crippen LogP contribution is 2.68. The summed E-state index contributed by atoms with van der Waals surface area (Å²) in [5.41, 5.74) is 3.62. The predicted octanol–water partition coefficient (Wildman–Crippen LogP) is 7.02. The Balaban J connectivity index is 1.49. The van der Waals surface area contributed by atoms with E-state index < -0.39 is 5.60 Å². The highest BCUT2D eigenvalue weighted by molar-refractivity contribution is 5.34. The summed E-state index contributed by atoms with van der Waals surface area (Å²) in [7, 11) is 0. The Morgan fingerprint density at radius 1 is 0.867 bits per heavy atom. The molecule has 160 valence electrons. The van der Waals surface area contributed by atoms with E-state index in [0.29, 0.717) is 17.3 Å². The van der Waals surface area contributed by atoms with Crippen LogP contribution in [0.3, 0.4) is 0 Å². The van der Waals surface area contributed by atoms with Crippen molar-refractivity contribution in [1.82, 2.24) is 0 Å². The van der Waals surface area contributed by atoms with Gasteiger partial charge in [0.15, 0.2) is 0 Å². The lowest BCUT2D eigenvalue weighted by molar-refractivity contribution is -0.201. The van der Waals surface area contributed by atoms with Crippen molar-refractivity contribution < 1.29 is 5.11 Å². The fourth-order valence-corrected chi connectivity index (χ4v) is 7.33. The molecule has 0 amide bonds. The summed E-state index contributed by atoms with van der Waals surface area (Å²) in [6.45, 7) is 6.78. The van der Waals surface area contributed by atoms with Crippen LogP contribution in [0, 0.1) is 23.2 Å². The van der Waals surface area contributed by atoms with Crippen LogP contribution >= 0.6 is 0 Å². The molecule has 3 aliphatic carbocycles. The van der Waals surface area contributed by atoms with Gasteiger partial charge in [0.2, 0.25) is 0 Å². The van der Waals surface area contributed by atoms with E-state index in [1.54, 1.807) is 0 Å². The monoisotopic (exact) mass is 402 g/mol. The van der Waals surface area contributed by atoms with E-state index in [4.69, 9.17) is 0 Å². The lowest BCUT2D eigenvalue weighted by Gasteiger charge is -2.65. The first-order valence-corrected chi connectivity index (χ1v) is 12.2. The van der Waals surface area contributed by atoms with Crippen LogP contribution in [-0.2, 0) is 17.4 Å². The lowest BCUT2D eigenvalue weighted by atomic mass is 9.40. The zero-order valence-electron chi connectivity index (χ0n) is 19.0. The Hall–Kier alpha value is -1.60. The number of fused-ring (bicyclic) bond motifs is 1. The van der Waals surface area contributed by atoms with Crippen molar-refractivity contribution in [3.8, 4) is 0 Å². The number of benzene rings is 2. The summed E-state index contributed by atoms with van der Waals surface area (Å²) in [4.78, 5) is 0. The summed E-state index contributed by atoms with van der Waals surface area (Å²) in [6.07, 6.45) is 10.3. The largest absolute Gasteiger partial charge is 0.385 e. The second kappa shape index (κ2) is 7.23. The number of rotatable bonds is 4. The second-order valence-corrected chi connectivity index (χ2v) is 11.7. The molecular weight excluding hydrogens is 364 g/mol. The molecule has 3 saturated carbocycles. The predicted molar refractivity (Wildman–Crippen MR) is 124 cm³/mol. The van der Waals surface area contributed by atoms with Crippen molar-refractivity contribution >= 4 is 0 Å². The van der Waals surface area contributed by atoms with E-state index in [0.717, 1.165) is 17.9 Å². The van der Waals surface area contributed by atoms with Crippen molar-refractivity contribution in [1.29, 1.82) is 0 Å². The van der Waals surface area contributed by atoms with Gasteiger partial charge in [-0.25, -0.2) is 0 Å². The molecule has 2 aromatic carbocycles. The summed E-state index contributed by atoms with van der Waals surface area (Å²) in [5.74, 6) is 2.05. The minimum absolute atomic E-state index is 0.136. The first-order valence-electron chi connectivity index (χ1n) is 12.2. The molecule has 0 saturated heterocycles. The molecular formula is C29H38O. The van der Waals surface area contributed by atoms with Crippen LogP contribution in [0.4, 0.5) is 0 Å². The molecule has 0 heterocycles. The van der Waals surface area contributed by atoms with Crippen molar-refractivity contribution in [3.63, 3.8) is 0 Å². The van der Waals surface area contributed by atoms with Crippen LogP contribution in [0.25, 0.3) is 0 Å². The standard InChI is InChI=1S/C29H38O/c1-27(2,3)23-12-14-24(15-13-23)29(30,19-21-8-5-4-6-9-21)26-20-28-17-7-10-22(18-28)11-16-25(26)28/h4-6,8-9,12-15,22,25-26,30H,7,10-11,16-20H2,1-3H3. The summed E-state index contributed by atoms with van der Waals surface area (Å²) < 4.78 is 0. The van der Waals surface area contributed by atoms with Gasteiger partial charge in [0, 0.05) is 6.42 Å². The Kier molecular flexibility index (Phi) is 4.89. The minimum Gasteiger partial charge on any atom is -0.385 e. The number of hydrogen-bond donors (Lipinski definition) is 1. The van der Waals surface area contributed by atoms with Crippen molar-refractivity contribution in [2.24, 2.45) is 23.2 Å². The molecule has 30 heavy (non-hydrogen) atoms. The molecule has 1 nitrogen and oxygen atoms in total. The topological polar surface area (TPSA) is 20.2 Å². The van der Waals surface area contributed by atoms with Gasteiger partial charge >= 0.3 is 0 Å². The fourth-order valence-electron chi connectivity index (χ4n) is 7.33. The van der Waals surface area contributed by atoms with Crippen molar-refractivity contribution in [3.05, 3.63) is 71.3 Å². The molecule has 3 fully saturated rings. The molecule has 1 spiro atoms. The number of hydrogen-bond acceptors (Lipinski definition) is 1. The first kappa shape index (κ1) is 20.3. The van der Waals surface area contributed by atoms with Crippen LogP contribution in [0.5, 0.6) is 0 Å². The van der Waals surface area contributed by atoms with Gasteiger partial charge in [-0.2, -0.15) is 0 Å². The molecule has 2 bridgehead atoms. The molecule has 2 aromatic rings. The summed E-state index contributed by atoms with van der Waals surface area (Å²) in [5, 5.41) is 12.4. The Bertz CT molecular complexity index is 877. The maximum atomic E-state index is 12.4. The van der Waals surface area contributed by atoms with Gasteiger partial charge in [0.1, 0.15) is 0 Å². The lowest BCUT2D eigenvalue weighted by Crippen LogP contribution is -2.60. The van der Waals surface area contributed by atoms with Crippen LogP contribution in [0.2, 0.25) is 0 Å². The minimum atomic E-state index is -0.766. The van der Waals surface area contributed by atoms with Crippen molar-refractivity contribution in [2.45, 2.75) is 83.2 Å². The van der Waals surface area contributed by atoms with E-state index in [-0.39, 0.29) is 5.41 Å². The van der Waals surface area contributed by atoms with Crippen molar-refractivity contribution in [2.75, 3.05) is 0 Å². The average Bonchev–Trinajstić information content (AvgIpc) is 2.72. The molecule has 1 heteroatoms. The SMILES string of the molecule is CC(C)(C)c1ccc(C(O)(Cc2ccccc2)C2CC34CCCC(CCC23)C4)cc1. The zero-order valence-corrected chi connectivity index (χ0v) is 19.0. The third-order valence-electron chi connectivity index (χ3n) is 8.95. The maximum Gasteiger partial charge on any atom is 0.0967 e. The molecule has 5 atom stereocenters. The van der Waals surface area contributed by atoms with E-state index in [1.807, 2.05) is 0 Å². The van der Waals surface area contributed by atoms with Gasteiger partial charge in [-0.3, -0.25) is 0 Å². The van der Waals surface area contributed by atoms with Crippen LogP contribution in [0.1, 0.15) is 82.4 Å². The van der Waals surface area contributed by atoms with Crippen LogP contribution < -0.4 is 0 Å². The third kappa shape index (κ3) is 3.34. The van der Waals surface area contributed by atoms with Gasteiger partial charge in [-0.15, -0.1) is 0 Å². The maximum absolute atomic E-state index is 12.4. The Morgan fingerprint density at radius 3 is 2.27 bits per heavy atom. The molecule has 0 aliphatic heterocycles. The van der Waals surface area contributed by atoms with Gasteiger partial charge in [-0.05, 0) is 71.0 Å². The fraction of sp³-hybridized carbons (Fsp3) is 0.586. The summed E-state index contributed by atoms with van der Waals surface area (Å²) >= 11 is 0. The normalized spacial score (nSPS) is 32.6. The number of aliphatic hydroxyl groups is 1. The van der Waals surface area contributed by atoms with Gasteiger partial charge < -0.3 is 5.11 Å². The van der Waals surface area contributed by atoms with E-state index in [1.165, 1.54) is 56.1 Å². The summed E-state index contributed by atoms with van der Waals surface area (Å²) in [6, 6.07) is 19.6. The highest BCUT2D eigenvalue weighted by atomic mass is 16.3. The molecule has 1 N–H and O–H groups in total. The van der Waals surface area contributed by atoms with Crippen LogP contribution in [0.15, 0.2) is 54.6 Å². The molecule has 5 rings (SSSR count). The molecule has 5 unspecified atom stereocenters. The Labute approximate surface area is 182 Å². The molecule has 0 radical (unpaired) electrons. The van der Waals surface area contributed by atoms with Gasteiger partial charge in [0.05, 0.1) is 5.60 Å². The highest BCUT2D eigenvalue weighted by Gasteiger charge is 2.62. The van der Waals surface area contributed by atoms with Gasteiger partial charge in [-0.1, -0.05) is 94.6 Å². The smallest absolute Gasteiger partial charge is 0.0967 e. The van der Waals surface area contributed by atoms with E-state index >= 15 is 0 Å². The molecule has 0 aromatic heterocycles. The second-order valence-electron chi connectivity index (χ2n) is 11.7. The van der Waals surface area contributed by atoms with Crippen LogP contribution in [-0.4, -0.2) is 5.11 Å². The van der Waals surface area contributed by atoms with Gasteiger partial charge in [0.25, 0.3) is 0 Å². The van der Waals surface area contributed by atoms with E-state index in [2.05, 4.69) is 75.4 Å². The third-order valence-corrected chi connectivity index (χ3v) is 8.95. The zero-order chi connectivity index (χ0) is 21.0. The average molecular weight is 403 g/mol. The van der Waals surface area contributed by atoms with E-state index in [9.17, 15) is 5.11 Å².